The summed E-state index contributed by atoms with van der Waals surface area (Å²) in [7, 11) is 0. The van der Waals surface area contributed by atoms with Gasteiger partial charge >= 0.3 is 0 Å². The fourth-order valence-corrected chi connectivity index (χ4v) is 2.92. The summed E-state index contributed by atoms with van der Waals surface area (Å²) in [6, 6.07) is 8.49. The third-order valence-electron chi connectivity index (χ3n) is 3.33. The van der Waals surface area contributed by atoms with E-state index < -0.39 is 17.2 Å². The maximum atomic E-state index is 12.4. The van der Waals surface area contributed by atoms with Crippen LogP contribution in [-0.4, -0.2) is 16.8 Å². The van der Waals surface area contributed by atoms with Crippen molar-refractivity contribution in [1.29, 1.82) is 0 Å². The zero-order chi connectivity index (χ0) is 17.8. The molecule has 3 aromatic rings. The number of rotatable bonds is 3. The van der Waals surface area contributed by atoms with Crippen LogP contribution < -0.4 is 16.3 Å². The van der Waals surface area contributed by atoms with E-state index in [1.165, 1.54) is 29.7 Å². The van der Waals surface area contributed by atoms with E-state index in [1.54, 1.807) is 18.2 Å². The van der Waals surface area contributed by atoms with Gasteiger partial charge in [-0.2, -0.15) is 0 Å². The molecule has 0 atom stereocenters. The number of hydrogen-bond donors (Lipinski definition) is 3. The van der Waals surface area contributed by atoms with Crippen molar-refractivity contribution in [3.8, 4) is 0 Å². The smallest absolute Gasteiger partial charge is 0.275 e. The highest BCUT2D eigenvalue weighted by Crippen LogP contribution is 2.15. The van der Waals surface area contributed by atoms with Crippen molar-refractivity contribution in [3.05, 3.63) is 73.7 Å². The van der Waals surface area contributed by atoms with Crippen LogP contribution in [0.1, 0.15) is 15.2 Å². The maximum Gasteiger partial charge on any atom is 0.275 e. The highest BCUT2D eigenvalue weighted by atomic mass is 35.5. The number of fused-ring (bicyclic) bond motifs is 1. The summed E-state index contributed by atoms with van der Waals surface area (Å²) in [5, 5.41) is 2.57. The number of benzene rings is 1. The highest BCUT2D eigenvalue weighted by molar-refractivity contribution is 7.10. The van der Waals surface area contributed by atoms with E-state index >= 15 is 0 Å². The van der Waals surface area contributed by atoms with E-state index in [-0.39, 0.29) is 5.56 Å². The SMILES string of the molecule is O=C(/C=C/c1cccs1)NNC(=O)c1c[nH]c2ccc(Cl)cc2c1=O. The summed E-state index contributed by atoms with van der Waals surface area (Å²) < 4.78 is 0. The lowest BCUT2D eigenvalue weighted by molar-refractivity contribution is -0.117. The second-order valence-electron chi connectivity index (χ2n) is 5.01. The van der Waals surface area contributed by atoms with E-state index in [0.29, 0.717) is 15.9 Å². The molecular formula is C17H12ClN3O3S. The Labute approximate surface area is 151 Å². The molecule has 0 fully saturated rings. The van der Waals surface area contributed by atoms with Crippen molar-refractivity contribution < 1.29 is 9.59 Å². The van der Waals surface area contributed by atoms with Gasteiger partial charge < -0.3 is 4.98 Å². The van der Waals surface area contributed by atoms with Crippen molar-refractivity contribution in [2.75, 3.05) is 0 Å². The molecule has 0 unspecified atom stereocenters. The van der Waals surface area contributed by atoms with Gasteiger partial charge in [-0.1, -0.05) is 17.7 Å². The summed E-state index contributed by atoms with van der Waals surface area (Å²) in [4.78, 5) is 40.0. The summed E-state index contributed by atoms with van der Waals surface area (Å²) >= 11 is 7.37. The Balaban J connectivity index is 1.71. The quantitative estimate of drug-likeness (QED) is 0.487. The summed E-state index contributed by atoms with van der Waals surface area (Å²) in [6.45, 7) is 0. The molecule has 6 nitrogen and oxygen atoms in total. The number of carbonyl (C=O) groups excluding carboxylic acids is 2. The normalized spacial score (nSPS) is 10.9. The predicted octanol–water partition coefficient (Wildman–Crippen LogP) is 2.72. The molecule has 126 valence electrons. The lowest BCUT2D eigenvalue weighted by Gasteiger charge is -2.06. The van der Waals surface area contributed by atoms with Gasteiger partial charge in [-0.05, 0) is 35.7 Å². The number of nitrogens with one attached hydrogen (secondary N) is 3. The largest absolute Gasteiger partial charge is 0.360 e. The minimum absolute atomic E-state index is 0.127. The predicted molar refractivity (Wildman–Crippen MR) is 98.5 cm³/mol. The molecule has 25 heavy (non-hydrogen) atoms. The first-order valence-electron chi connectivity index (χ1n) is 7.17. The Morgan fingerprint density at radius 3 is 2.80 bits per heavy atom. The van der Waals surface area contributed by atoms with Crippen LogP contribution in [0.15, 0.2) is 52.8 Å². The molecule has 8 heteroatoms. The lowest BCUT2D eigenvalue weighted by atomic mass is 10.1. The van der Waals surface area contributed by atoms with Gasteiger partial charge in [0.1, 0.15) is 5.56 Å². The van der Waals surface area contributed by atoms with Gasteiger partial charge in [0.15, 0.2) is 0 Å². The molecule has 2 heterocycles. The molecule has 0 aliphatic carbocycles. The van der Waals surface area contributed by atoms with E-state index in [0.717, 1.165) is 4.88 Å². The molecular weight excluding hydrogens is 362 g/mol. The molecule has 0 saturated heterocycles. The molecule has 3 rings (SSSR count). The fourth-order valence-electron chi connectivity index (χ4n) is 2.13. The number of aromatic nitrogens is 1. The van der Waals surface area contributed by atoms with Gasteiger partial charge in [-0.3, -0.25) is 25.2 Å². The van der Waals surface area contributed by atoms with E-state index in [4.69, 9.17) is 11.6 Å². The van der Waals surface area contributed by atoms with Crippen molar-refractivity contribution in [2.45, 2.75) is 0 Å². The Morgan fingerprint density at radius 1 is 1.20 bits per heavy atom. The number of thiophene rings is 1. The van der Waals surface area contributed by atoms with Gasteiger partial charge in [0.05, 0.1) is 0 Å². The first-order valence-corrected chi connectivity index (χ1v) is 8.43. The van der Waals surface area contributed by atoms with Crippen molar-refractivity contribution in [3.63, 3.8) is 0 Å². The van der Waals surface area contributed by atoms with Gasteiger partial charge in [0.25, 0.3) is 11.8 Å². The van der Waals surface area contributed by atoms with Gasteiger partial charge in [0.2, 0.25) is 5.43 Å². The number of halogens is 1. The number of amides is 2. The second-order valence-corrected chi connectivity index (χ2v) is 6.43. The molecule has 0 radical (unpaired) electrons. The Morgan fingerprint density at radius 2 is 2.04 bits per heavy atom. The topological polar surface area (TPSA) is 91.1 Å². The first-order chi connectivity index (χ1) is 12.0. The average Bonchev–Trinajstić information content (AvgIpc) is 3.12. The molecule has 0 bridgehead atoms. The van der Waals surface area contributed by atoms with Gasteiger partial charge in [0, 0.05) is 33.1 Å². The van der Waals surface area contributed by atoms with Crippen LogP contribution in [0.4, 0.5) is 0 Å². The molecule has 1 aromatic carbocycles. The van der Waals surface area contributed by atoms with Crippen LogP contribution in [0.3, 0.4) is 0 Å². The van der Waals surface area contributed by atoms with Crippen LogP contribution in [-0.2, 0) is 4.79 Å². The maximum absolute atomic E-state index is 12.4. The monoisotopic (exact) mass is 373 g/mol. The van der Waals surface area contributed by atoms with Gasteiger partial charge in [-0.15, -0.1) is 11.3 Å². The lowest BCUT2D eigenvalue weighted by Crippen LogP contribution is -2.42. The summed E-state index contributed by atoms with van der Waals surface area (Å²) in [6.07, 6.45) is 4.20. The number of hydrogen-bond acceptors (Lipinski definition) is 4. The summed E-state index contributed by atoms with van der Waals surface area (Å²) in [5.41, 5.74) is 4.40. The van der Waals surface area contributed by atoms with E-state index in [1.807, 2.05) is 17.5 Å². The van der Waals surface area contributed by atoms with Crippen LogP contribution in [0.5, 0.6) is 0 Å². The number of carbonyl (C=O) groups is 2. The fraction of sp³-hybridized carbons (Fsp3) is 0. The Hall–Kier alpha value is -2.90. The summed E-state index contributed by atoms with van der Waals surface area (Å²) in [5.74, 6) is -1.23. The third kappa shape index (κ3) is 3.96. The average molecular weight is 374 g/mol. The molecule has 0 saturated carbocycles. The minimum atomic E-state index is -0.721. The zero-order valence-electron chi connectivity index (χ0n) is 12.7. The molecule has 2 aromatic heterocycles. The molecule has 0 spiro atoms. The van der Waals surface area contributed by atoms with E-state index in [2.05, 4.69) is 15.8 Å². The number of H-pyrrole nitrogens is 1. The highest BCUT2D eigenvalue weighted by Gasteiger charge is 2.13. The van der Waals surface area contributed by atoms with Crippen molar-refractivity contribution >= 4 is 51.7 Å². The van der Waals surface area contributed by atoms with Crippen LogP contribution in [0.2, 0.25) is 5.02 Å². The standard InChI is InChI=1S/C17H12ClN3O3S/c18-10-3-5-14-12(8-10)16(23)13(9-19-14)17(24)21-20-15(22)6-4-11-2-1-7-25-11/h1-9H,(H,19,23)(H,20,22)(H,21,24)/b6-4+. The Kier molecular flexibility index (Phi) is 4.97. The van der Waals surface area contributed by atoms with Crippen LogP contribution >= 0.6 is 22.9 Å². The zero-order valence-corrected chi connectivity index (χ0v) is 14.3. The molecule has 0 aliphatic heterocycles. The van der Waals surface area contributed by atoms with Crippen molar-refractivity contribution in [1.82, 2.24) is 15.8 Å². The Bertz CT molecular complexity index is 1030. The molecule has 0 aliphatic rings. The van der Waals surface area contributed by atoms with Gasteiger partial charge in [-0.25, -0.2) is 0 Å². The van der Waals surface area contributed by atoms with Crippen LogP contribution in [0.25, 0.3) is 17.0 Å². The van der Waals surface area contributed by atoms with Crippen LogP contribution in [0, 0.1) is 0 Å². The molecule has 2 amide bonds. The number of hydrazine groups is 1. The molecule has 3 N–H and O–H groups in total. The minimum Gasteiger partial charge on any atom is -0.360 e. The number of aromatic amines is 1. The van der Waals surface area contributed by atoms with E-state index in [9.17, 15) is 14.4 Å². The first kappa shape index (κ1) is 16.9. The second kappa shape index (κ2) is 7.33. The number of pyridine rings is 1. The van der Waals surface area contributed by atoms with Crippen molar-refractivity contribution in [2.24, 2.45) is 0 Å². The third-order valence-corrected chi connectivity index (χ3v) is 4.40.